The zero-order valence-electron chi connectivity index (χ0n) is 10.6. The largest absolute Gasteiger partial charge is 0.527 e. The minimum atomic E-state index is -2.58. The van der Waals surface area contributed by atoms with Crippen LogP contribution in [0.3, 0.4) is 0 Å². The van der Waals surface area contributed by atoms with Gasteiger partial charge in [0.25, 0.3) is 0 Å². The summed E-state index contributed by atoms with van der Waals surface area (Å²) in [4.78, 5) is 0. The first kappa shape index (κ1) is 14.1. The third-order valence-electron chi connectivity index (χ3n) is 3.19. The topological polar surface area (TPSA) is 46.2 Å². The van der Waals surface area contributed by atoms with Crippen molar-refractivity contribution in [3.63, 3.8) is 0 Å². The number of rotatable bonds is 8. The lowest BCUT2D eigenvalue weighted by Gasteiger charge is -2.40. The van der Waals surface area contributed by atoms with E-state index in [0.717, 1.165) is 19.6 Å². The quantitative estimate of drug-likeness (QED) is 0.598. The van der Waals surface area contributed by atoms with Crippen molar-refractivity contribution in [3.8, 4) is 0 Å². The second-order valence-corrected chi connectivity index (χ2v) is 7.01. The maximum atomic E-state index is 5.68. The Labute approximate surface area is 98.3 Å². The number of hydrogen-bond acceptors (Lipinski definition) is 5. The molecule has 1 rings (SSSR count). The Hall–Kier alpha value is 0.0169. The summed E-state index contributed by atoms with van der Waals surface area (Å²) in [6.45, 7) is 4.39. The summed E-state index contributed by atoms with van der Waals surface area (Å²) < 4.78 is 26.7. The van der Waals surface area contributed by atoms with Crippen LogP contribution in [-0.4, -0.2) is 56.2 Å². The van der Waals surface area contributed by atoms with E-state index in [1.54, 1.807) is 21.3 Å². The van der Waals surface area contributed by atoms with E-state index in [2.05, 4.69) is 6.92 Å². The van der Waals surface area contributed by atoms with Gasteiger partial charge in [0.1, 0.15) is 6.23 Å². The van der Waals surface area contributed by atoms with E-state index in [0.29, 0.717) is 12.8 Å². The highest BCUT2D eigenvalue weighted by atomic mass is 28.4. The van der Waals surface area contributed by atoms with Crippen LogP contribution < -0.4 is 0 Å². The van der Waals surface area contributed by atoms with E-state index in [-0.39, 0.29) is 5.41 Å². The maximum absolute atomic E-state index is 5.68. The molecule has 1 saturated heterocycles. The summed E-state index contributed by atoms with van der Waals surface area (Å²) in [7, 11) is 2.18. The average molecular weight is 250 g/mol. The molecular weight excluding hydrogens is 228 g/mol. The van der Waals surface area contributed by atoms with E-state index in [1.165, 1.54) is 0 Å². The molecule has 5 nitrogen and oxygen atoms in total. The number of ether oxygens (including phenoxy) is 2. The molecule has 0 amide bonds. The molecule has 0 unspecified atom stereocenters. The Bertz CT molecular complexity index is 190. The predicted molar refractivity (Wildman–Crippen MR) is 61.1 cm³/mol. The molecular formula is C10H22O5Si. The molecule has 6 heteroatoms. The van der Waals surface area contributed by atoms with Crippen molar-refractivity contribution < 1.29 is 22.8 Å². The van der Waals surface area contributed by atoms with Crippen LogP contribution in [0.25, 0.3) is 0 Å². The fourth-order valence-corrected chi connectivity index (χ4v) is 2.81. The molecule has 0 bridgehead atoms. The first-order valence-corrected chi connectivity index (χ1v) is 7.40. The van der Waals surface area contributed by atoms with Gasteiger partial charge in [-0.25, -0.2) is 0 Å². The maximum Gasteiger partial charge on any atom is 0.527 e. The fourth-order valence-electron chi connectivity index (χ4n) is 1.60. The van der Waals surface area contributed by atoms with Crippen molar-refractivity contribution in [1.82, 2.24) is 0 Å². The molecule has 1 heterocycles. The summed E-state index contributed by atoms with van der Waals surface area (Å²) in [6.07, 6.45) is 1.45. The first-order chi connectivity index (χ1) is 7.66. The van der Waals surface area contributed by atoms with Crippen LogP contribution >= 0.6 is 0 Å². The van der Waals surface area contributed by atoms with Gasteiger partial charge in [0.2, 0.25) is 0 Å². The lowest BCUT2D eigenvalue weighted by molar-refractivity contribution is -0.149. The van der Waals surface area contributed by atoms with Crippen molar-refractivity contribution in [1.29, 1.82) is 0 Å². The van der Waals surface area contributed by atoms with Gasteiger partial charge >= 0.3 is 8.80 Å². The van der Waals surface area contributed by atoms with Gasteiger partial charge in [-0.2, -0.15) is 0 Å². The molecule has 0 radical (unpaired) electrons. The molecule has 0 saturated carbocycles. The van der Waals surface area contributed by atoms with Crippen LogP contribution in [0.1, 0.15) is 13.3 Å². The van der Waals surface area contributed by atoms with Gasteiger partial charge in [-0.05, 0) is 6.42 Å². The third-order valence-corrected chi connectivity index (χ3v) is 5.61. The summed E-state index contributed by atoms with van der Waals surface area (Å²) in [5.41, 5.74) is 0.190. The zero-order valence-corrected chi connectivity index (χ0v) is 11.6. The van der Waals surface area contributed by atoms with Crippen LogP contribution in [0.2, 0.25) is 0 Å². The Morgan fingerprint density at radius 3 is 2.00 bits per heavy atom. The van der Waals surface area contributed by atoms with Crippen molar-refractivity contribution >= 4 is 8.80 Å². The van der Waals surface area contributed by atoms with Gasteiger partial charge in [0.05, 0.1) is 19.8 Å². The van der Waals surface area contributed by atoms with Gasteiger partial charge < -0.3 is 22.8 Å². The molecule has 1 aliphatic rings. The van der Waals surface area contributed by atoms with E-state index in [4.69, 9.17) is 22.8 Å². The molecule has 0 spiro atoms. The molecule has 0 aromatic heterocycles. The molecule has 96 valence electrons. The molecule has 0 aliphatic carbocycles. The summed E-state index contributed by atoms with van der Waals surface area (Å²) in [5.74, 6) is 0. The second-order valence-electron chi connectivity index (χ2n) is 4.13. The molecule has 0 aromatic carbocycles. The summed E-state index contributed by atoms with van der Waals surface area (Å²) in [5, 5.41) is 0. The minimum absolute atomic E-state index is 0.190. The van der Waals surface area contributed by atoms with Gasteiger partial charge in [-0.3, -0.25) is 0 Å². The van der Waals surface area contributed by atoms with Crippen LogP contribution in [0.4, 0.5) is 0 Å². The van der Waals surface area contributed by atoms with Crippen molar-refractivity contribution in [2.75, 3.05) is 47.4 Å². The Morgan fingerprint density at radius 1 is 1.12 bits per heavy atom. The predicted octanol–water partition coefficient (Wildman–Crippen LogP) is 0.847. The summed E-state index contributed by atoms with van der Waals surface area (Å²) >= 11 is 0. The smallest absolute Gasteiger partial charge is 0.380 e. The second kappa shape index (κ2) is 6.09. The third kappa shape index (κ3) is 3.03. The molecule has 0 atom stereocenters. The normalized spacial score (nSPS) is 19.5. The van der Waals surface area contributed by atoms with Crippen LogP contribution in [-0.2, 0) is 22.8 Å². The minimum Gasteiger partial charge on any atom is -0.380 e. The molecule has 1 fully saturated rings. The van der Waals surface area contributed by atoms with Crippen molar-refractivity contribution in [3.05, 3.63) is 0 Å². The SMILES string of the molecule is CCC1(COC[Si](OC)(OC)OC)COC1. The number of hydrogen-bond donors (Lipinski definition) is 0. The van der Waals surface area contributed by atoms with Crippen LogP contribution in [0.5, 0.6) is 0 Å². The molecule has 0 aromatic rings. The van der Waals surface area contributed by atoms with Gasteiger partial charge in [0.15, 0.2) is 0 Å². The van der Waals surface area contributed by atoms with Crippen molar-refractivity contribution in [2.45, 2.75) is 13.3 Å². The van der Waals surface area contributed by atoms with Gasteiger partial charge in [0, 0.05) is 26.7 Å². The summed E-state index contributed by atoms with van der Waals surface area (Å²) in [6, 6.07) is 0. The standard InChI is InChI=1S/C10H22O5Si/c1-5-10(6-14-7-10)8-15-9-16(11-2,12-3)13-4/h5-9H2,1-4H3. The lowest BCUT2D eigenvalue weighted by Crippen LogP contribution is -2.51. The molecule has 16 heavy (non-hydrogen) atoms. The van der Waals surface area contributed by atoms with Crippen molar-refractivity contribution in [2.24, 2.45) is 5.41 Å². The van der Waals surface area contributed by atoms with E-state index >= 15 is 0 Å². The highest BCUT2D eigenvalue weighted by Crippen LogP contribution is 2.31. The Balaban J connectivity index is 2.32. The van der Waals surface area contributed by atoms with Crippen LogP contribution in [0, 0.1) is 5.41 Å². The monoisotopic (exact) mass is 250 g/mol. The van der Waals surface area contributed by atoms with Gasteiger partial charge in [-0.1, -0.05) is 6.92 Å². The average Bonchev–Trinajstić information content (AvgIpc) is 2.29. The lowest BCUT2D eigenvalue weighted by atomic mass is 9.84. The first-order valence-electron chi connectivity index (χ1n) is 5.47. The van der Waals surface area contributed by atoms with Gasteiger partial charge in [-0.15, -0.1) is 0 Å². The van der Waals surface area contributed by atoms with Crippen LogP contribution in [0.15, 0.2) is 0 Å². The fraction of sp³-hybridized carbons (Fsp3) is 1.00. The highest BCUT2D eigenvalue weighted by Gasteiger charge is 2.42. The van der Waals surface area contributed by atoms with E-state index in [1.807, 2.05) is 0 Å². The molecule has 1 aliphatic heterocycles. The molecule has 0 N–H and O–H groups in total. The Kier molecular flexibility index (Phi) is 5.36. The Morgan fingerprint density at radius 2 is 1.69 bits per heavy atom. The van der Waals surface area contributed by atoms with E-state index in [9.17, 15) is 0 Å². The highest BCUT2D eigenvalue weighted by molar-refractivity contribution is 6.60. The zero-order chi connectivity index (χ0) is 12.1. The van der Waals surface area contributed by atoms with E-state index < -0.39 is 8.80 Å².